The largest absolute Gasteiger partial charge is 0.342 e. The third-order valence-corrected chi connectivity index (χ3v) is 4.89. The highest BCUT2D eigenvalue weighted by atomic mass is 16.1. The molecule has 1 unspecified atom stereocenters. The lowest BCUT2D eigenvalue weighted by molar-refractivity contribution is -0.120. The molecule has 1 aromatic rings. The fourth-order valence-electron chi connectivity index (χ4n) is 3.55. The summed E-state index contributed by atoms with van der Waals surface area (Å²) < 4.78 is 0. The van der Waals surface area contributed by atoms with Crippen molar-refractivity contribution in [1.29, 1.82) is 5.26 Å². The Hall–Kier alpha value is -1.86. The van der Waals surface area contributed by atoms with Crippen molar-refractivity contribution in [3.8, 4) is 6.07 Å². The zero-order valence-electron chi connectivity index (χ0n) is 14.8. The van der Waals surface area contributed by atoms with E-state index in [-0.39, 0.29) is 25.0 Å². The van der Waals surface area contributed by atoms with Crippen molar-refractivity contribution in [1.82, 2.24) is 10.6 Å². The van der Waals surface area contributed by atoms with Gasteiger partial charge in [0.2, 0.25) is 5.91 Å². The third kappa shape index (κ3) is 5.35. The standard InChI is InChI=1S/C20H29N3O/c1-15(2)20(23-14-19(24)22-13-12-21)18-10-8-17(9-11-18)16-6-4-3-5-7-16/h8-11,15-16,20,23H,3-7,13-14H2,1-2H3,(H,22,24). The summed E-state index contributed by atoms with van der Waals surface area (Å²) >= 11 is 0. The van der Waals surface area contributed by atoms with Gasteiger partial charge in [0, 0.05) is 6.04 Å². The molecule has 2 rings (SSSR count). The van der Waals surface area contributed by atoms with E-state index >= 15 is 0 Å². The first-order valence-electron chi connectivity index (χ1n) is 9.08. The van der Waals surface area contributed by atoms with Gasteiger partial charge < -0.3 is 10.6 Å². The van der Waals surface area contributed by atoms with Crippen molar-refractivity contribution in [3.05, 3.63) is 35.4 Å². The summed E-state index contributed by atoms with van der Waals surface area (Å²) in [6, 6.07) is 11.0. The maximum atomic E-state index is 11.7. The molecule has 130 valence electrons. The minimum atomic E-state index is -0.138. The smallest absolute Gasteiger partial charge is 0.234 e. The number of nitrogens with one attached hydrogen (secondary N) is 2. The Balaban J connectivity index is 1.97. The van der Waals surface area contributed by atoms with E-state index in [1.807, 2.05) is 6.07 Å². The number of amides is 1. The Labute approximate surface area is 145 Å². The SMILES string of the molecule is CC(C)C(NCC(=O)NCC#N)c1ccc(C2CCCCC2)cc1. The van der Waals surface area contributed by atoms with Gasteiger partial charge in [-0.1, -0.05) is 57.4 Å². The maximum Gasteiger partial charge on any atom is 0.234 e. The van der Waals surface area contributed by atoms with Crippen LogP contribution in [0.5, 0.6) is 0 Å². The van der Waals surface area contributed by atoms with Gasteiger partial charge in [-0.25, -0.2) is 0 Å². The molecule has 1 saturated carbocycles. The Bertz CT molecular complexity index is 553. The molecule has 1 atom stereocenters. The summed E-state index contributed by atoms with van der Waals surface area (Å²) in [5, 5.41) is 14.4. The lowest BCUT2D eigenvalue weighted by Gasteiger charge is -2.25. The number of hydrogen-bond donors (Lipinski definition) is 2. The number of benzene rings is 1. The minimum Gasteiger partial charge on any atom is -0.342 e. The van der Waals surface area contributed by atoms with Gasteiger partial charge >= 0.3 is 0 Å². The van der Waals surface area contributed by atoms with Crippen molar-refractivity contribution >= 4 is 5.91 Å². The topological polar surface area (TPSA) is 64.9 Å². The lowest BCUT2D eigenvalue weighted by atomic mass is 9.83. The minimum absolute atomic E-state index is 0.0585. The van der Waals surface area contributed by atoms with Crippen LogP contribution in [-0.2, 0) is 4.79 Å². The molecule has 4 heteroatoms. The second-order valence-electron chi connectivity index (χ2n) is 7.04. The Morgan fingerprint density at radius 3 is 2.46 bits per heavy atom. The van der Waals surface area contributed by atoms with E-state index in [1.165, 1.54) is 43.2 Å². The summed E-state index contributed by atoms with van der Waals surface area (Å²) in [7, 11) is 0. The normalized spacial score (nSPS) is 16.6. The van der Waals surface area contributed by atoms with Crippen LogP contribution in [0.4, 0.5) is 0 Å². The highest BCUT2D eigenvalue weighted by molar-refractivity contribution is 5.78. The molecule has 1 amide bonds. The van der Waals surface area contributed by atoms with E-state index in [0.29, 0.717) is 5.92 Å². The molecular weight excluding hydrogens is 298 g/mol. The molecule has 0 heterocycles. The fourth-order valence-corrected chi connectivity index (χ4v) is 3.55. The van der Waals surface area contributed by atoms with Gasteiger partial charge in [0.25, 0.3) is 0 Å². The summed E-state index contributed by atoms with van der Waals surface area (Å²) in [5.74, 6) is 0.963. The summed E-state index contributed by atoms with van der Waals surface area (Å²) in [6.45, 7) is 4.59. The van der Waals surface area contributed by atoms with E-state index in [1.54, 1.807) is 0 Å². The number of nitriles is 1. The van der Waals surface area contributed by atoms with Gasteiger partial charge in [0.15, 0.2) is 0 Å². The van der Waals surface area contributed by atoms with Crippen LogP contribution in [0.1, 0.15) is 69.0 Å². The van der Waals surface area contributed by atoms with E-state index in [9.17, 15) is 4.79 Å². The number of carbonyl (C=O) groups is 1. The lowest BCUT2D eigenvalue weighted by Crippen LogP contribution is -2.37. The predicted molar refractivity (Wildman–Crippen MR) is 96.5 cm³/mol. The molecule has 1 aromatic carbocycles. The van der Waals surface area contributed by atoms with Crippen molar-refractivity contribution in [2.75, 3.05) is 13.1 Å². The van der Waals surface area contributed by atoms with Crippen LogP contribution in [0.3, 0.4) is 0 Å². The Morgan fingerprint density at radius 2 is 1.88 bits per heavy atom. The zero-order chi connectivity index (χ0) is 17.4. The van der Waals surface area contributed by atoms with Crippen LogP contribution in [0.25, 0.3) is 0 Å². The molecule has 0 aromatic heterocycles. The number of carbonyl (C=O) groups excluding carboxylic acids is 1. The zero-order valence-corrected chi connectivity index (χ0v) is 14.8. The van der Waals surface area contributed by atoms with Gasteiger partial charge in [-0.05, 0) is 35.8 Å². The fraction of sp³-hybridized carbons (Fsp3) is 0.600. The first-order valence-corrected chi connectivity index (χ1v) is 9.08. The van der Waals surface area contributed by atoms with Gasteiger partial charge in [0.05, 0.1) is 12.6 Å². The molecule has 1 aliphatic rings. The molecule has 0 bridgehead atoms. The maximum absolute atomic E-state index is 11.7. The number of rotatable bonds is 7. The van der Waals surface area contributed by atoms with Crippen LogP contribution in [0.15, 0.2) is 24.3 Å². The van der Waals surface area contributed by atoms with Crippen LogP contribution in [0.2, 0.25) is 0 Å². The van der Waals surface area contributed by atoms with Crippen LogP contribution < -0.4 is 10.6 Å². The molecule has 0 saturated heterocycles. The van der Waals surface area contributed by atoms with Gasteiger partial charge in [-0.2, -0.15) is 5.26 Å². The van der Waals surface area contributed by atoms with Crippen molar-refractivity contribution < 1.29 is 4.79 Å². The molecule has 2 N–H and O–H groups in total. The van der Waals surface area contributed by atoms with Crippen LogP contribution in [-0.4, -0.2) is 19.0 Å². The van der Waals surface area contributed by atoms with E-state index in [4.69, 9.17) is 5.26 Å². The first kappa shape index (κ1) is 18.5. The molecular formula is C20H29N3O. The summed E-state index contributed by atoms with van der Waals surface area (Å²) in [4.78, 5) is 11.7. The monoisotopic (exact) mass is 327 g/mol. The van der Waals surface area contributed by atoms with E-state index < -0.39 is 0 Å². The number of nitrogens with zero attached hydrogens (tertiary/aromatic N) is 1. The number of hydrogen-bond acceptors (Lipinski definition) is 3. The first-order chi connectivity index (χ1) is 11.6. The summed E-state index contributed by atoms with van der Waals surface area (Å²) in [5.41, 5.74) is 2.67. The molecule has 0 spiro atoms. The van der Waals surface area contributed by atoms with E-state index in [0.717, 1.165) is 5.92 Å². The third-order valence-electron chi connectivity index (χ3n) is 4.89. The highest BCUT2D eigenvalue weighted by Gasteiger charge is 2.19. The molecule has 0 radical (unpaired) electrons. The molecule has 4 nitrogen and oxygen atoms in total. The molecule has 0 aliphatic heterocycles. The Kier molecular flexibility index (Phi) is 7.27. The van der Waals surface area contributed by atoms with Gasteiger partial charge in [-0.15, -0.1) is 0 Å². The van der Waals surface area contributed by atoms with Gasteiger partial charge in [0.1, 0.15) is 6.54 Å². The van der Waals surface area contributed by atoms with Crippen molar-refractivity contribution in [3.63, 3.8) is 0 Å². The van der Waals surface area contributed by atoms with Crippen LogP contribution >= 0.6 is 0 Å². The second-order valence-corrected chi connectivity index (χ2v) is 7.04. The van der Waals surface area contributed by atoms with Crippen molar-refractivity contribution in [2.45, 2.75) is 57.9 Å². The van der Waals surface area contributed by atoms with E-state index in [2.05, 4.69) is 48.7 Å². The van der Waals surface area contributed by atoms with Gasteiger partial charge in [-0.3, -0.25) is 4.79 Å². The highest BCUT2D eigenvalue weighted by Crippen LogP contribution is 2.33. The van der Waals surface area contributed by atoms with Crippen LogP contribution in [0, 0.1) is 17.2 Å². The molecule has 1 aliphatic carbocycles. The quantitative estimate of drug-likeness (QED) is 0.751. The predicted octanol–water partition coefficient (Wildman–Crippen LogP) is 3.66. The second kappa shape index (κ2) is 9.44. The Morgan fingerprint density at radius 1 is 1.21 bits per heavy atom. The summed E-state index contributed by atoms with van der Waals surface area (Å²) in [6.07, 6.45) is 6.69. The molecule has 24 heavy (non-hydrogen) atoms. The average molecular weight is 327 g/mol. The van der Waals surface area contributed by atoms with Crippen molar-refractivity contribution in [2.24, 2.45) is 5.92 Å². The molecule has 1 fully saturated rings. The average Bonchev–Trinajstić information content (AvgIpc) is 2.61.